The van der Waals surface area contributed by atoms with Crippen LogP contribution in [0.4, 0.5) is 0 Å². The molecule has 1 aromatic rings. The van der Waals surface area contributed by atoms with Crippen LogP contribution in [0.2, 0.25) is 0 Å². The third-order valence-corrected chi connectivity index (χ3v) is 2.94. The first-order valence-corrected chi connectivity index (χ1v) is 5.33. The molecule has 19 heavy (non-hydrogen) atoms. The van der Waals surface area contributed by atoms with Crippen molar-refractivity contribution in [1.82, 2.24) is 14.8 Å². The molecule has 9 heteroatoms. The maximum atomic E-state index is 11.6. The second-order valence-corrected chi connectivity index (χ2v) is 4.12. The summed E-state index contributed by atoms with van der Waals surface area (Å²) in [6.45, 7) is -0.531. The van der Waals surface area contributed by atoms with E-state index in [4.69, 9.17) is 22.0 Å². The second kappa shape index (κ2) is 4.60. The highest BCUT2D eigenvalue weighted by Gasteiger charge is 2.54. The fourth-order valence-corrected chi connectivity index (χ4v) is 1.89. The molecule has 1 aliphatic heterocycles. The molecule has 0 radical (unpaired) electrons. The maximum absolute atomic E-state index is 11.6. The van der Waals surface area contributed by atoms with Gasteiger partial charge in [-0.1, -0.05) is 5.92 Å². The number of aromatic amines is 1. The van der Waals surface area contributed by atoms with Gasteiger partial charge in [-0.2, -0.15) is 9.78 Å². The number of nitrogens with two attached hydrogens (primary N) is 1. The van der Waals surface area contributed by atoms with Crippen molar-refractivity contribution in [2.24, 2.45) is 5.73 Å². The van der Waals surface area contributed by atoms with E-state index in [1.807, 2.05) is 4.98 Å². The highest BCUT2D eigenvalue weighted by atomic mass is 16.5. The summed E-state index contributed by atoms with van der Waals surface area (Å²) in [4.78, 5) is 24.5. The molecule has 0 aliphatic carbocycles. The van der Waals surface area contributed by atoms with Crippen LogP contribution in [0.3, 0.4) is 0 Å². The molecule has 0 bridgehead atoms. The van der Waals surface area contributed by atoms with Gasteiger partial charge in [0, 0.05) is 0 Å². The molecule has 1 fully saturated rings. The summed E-state index contributed by atoms with van der Waals surface area (Å²) in [5, 5.41) is 22.6. The zero-order chi connectivity index (χ0) is 14.2. The lowest BCUT2D eigenvalue weighted by molar-refractivity contribution is -0.0530. The molecule has 4 atom stereocenters. The van der Waals surface area contributed by atoms with Gasteiger partial charge in [0.2, 0.25) is 0 Å². The average Bonchev–Trinajstić information content (AvgIpc) is 2.63. The number of nitrogens with one attached hydrogen (secondary N) is 1. The Balaban J connectivity index is 2.52. The van der Waals surface area contributed by atoms with Crippen molar-refractivity contribution < 1.29 is 14.9 Å². The highest BCUT2D eigenvalue weighted by molar-refractivity contribution is 5.22. The van der Waals surface area contributed by atoms with Gasteiger partial charge in [0.25, 0.3) is 5.56 Å². The Bertz CT molecular complexity index is 632. The van der Waals surface area contributed by atoms with Crippen LogP contribution in [-0.2, 0) is 4.74 Å². The van der Waals surface area contributed by atoms with Gasteiger partial charge < -0.3 is 20.7 Å². The van der Waals surface area contributed by atoms with Crippen molar-refractivity contribution in [3.8, 4) is 12.3 Å². The SMILES string of the molecule is C#C[C@@]1(N)C(O)[C@@H](CO)O[C@H]1n1ncc(=O)[nH]c1=O. The number of hydrogen-bond donors (Lipinski definition) is 4. The normalized spacial score (nSPS) is 34.1. The average molecular weight is 268 g/mol. The summed E-state index contributed by atoms with van der Waals surface area (Å²) in [6, 6.07) is 0. The largest absolute Gasteiger partial charge is 0.394 e. The van der Waals surface area contributed by atoms with E-state index >= 15 is 0 Å². The van der Waals surface area contributed by atoms with Crippen LogP contribution in [0.1, 0.15) is 6.23 Å². The number of aliphatic hydroxyl groups excluding tert-OH is 2. The van der Waals surface area contributed by atoms with Crippen molar-refractivity contribution in [2.75, 3.05) is 6.61 Å². The standard InChI is InChI=1S/C10H12N4O5/c1-2-10(11)7(17)5(4-15)19-8(10)14-9(18)13-6(16)3-12-14/h1,3,5,7-8,15,17H,4,11H2,(H,13,16,18)/t5-,7?,8-,10-/m1/s1. The first-order chi connectivity index (χ1) is 8.93. The number of rotatable bonds is 2. The number of hydrogen-bond acceptors (Lipinski definition) is 7. The minimum Gasteiger partial charge on any atom is -0.394 e. The minimum atomic E-state index is -1.75. The summed E-state index contributed by atoms with van der Waals surface area (Å²) in [5.74, 6) is 2.14. The van der Waals surface area contributed by atoms with Gasteiger partial charge in [0.15, 0.2) is 11.8 Å². The molecule has 1 saturated heterocycles. The maximum Gasteiger partial charge on any atom is 0.347 e. The van der Waals surface area contributed by atoms with Gasteiger partial charge in [-0.05, 0) is 0 Å². The molecule has 2 rings (SSSR count). The Labute approximate surface area is 106 Å². The van der Waals surface area contributed by atoms with E-state index in [0.717, 1.165) is 10.9 Å². The van der Waals surface area contributed by atoms with E-state index in [1.165, 1.54) is 0 Å². The molecule has 1 aliphatic rings. The molecule has 2 heterocycles. The molecular formula is C10H12N4O5. The van der Waals surface area contributed by atoms with E-state index in [-0.39, 0.29) is 0 Å². The van der Waals surface area contributed by atoms with Gasteiger partial charge >= 0.3 is 5.69 Å². The first-order valence-electron chi connectivity index (χ1n) is 5.33. The Kier molecular flexibility index (Phi) is 3.25. The zero-order valence-corrected chi connectivity index (χ0v) is 9.68. The lowest BCUT2D eigenvalue weighted by Gasteiger charge is -2.26. The number of terminal acetylenes is 1. The summed E-state index contributed by atoms with van der Waals surface area (Å²) in [6.07, 6.45) is 2.39. The third-order valence-electron chi connectivity index (χ3n) is 2.94. The van der Waals surface area contributed by atoms with Crippen LogP contribution < -0.4 is 17.0 Å². The Hall–Kier alpha value is -1.99. The molecule has 1 unspecified atom stereocenters. The van der Waals surface area contributed by atoms with Crippen molar-refractivity contribution in [1.29, 1.82) is 0 Å². The monoisotopic (exact) mass is 268 g/mol. The van der Waals surface area contributed by atoms with E-state index < -0.39 is 41.8 Å². The molecule has 0 saturated carbocycles. The fourth-order valence-electron chi connectivity index (χ4n) is 1.89. The predicted molar refractivity (Wildman–Crippen MR) is 61.9 cm³/mol. The van der Waals surface area contributed by atoms with Crippen molar-refractivity contribution >= 4 is 0 Å². The molecule has 0 spiro atoms. The minimum absolute atomic E-state index is 0.531. The van der Waals surface area contributed by atoms with Crippen LogP contribution >= 0.6 is 0 Å². The second-order valence-electron chi connectivity index (χ2n) is 4.12. The fraction of sp³-hybridized carbons (Fsp3) is 0.500. The summed E-state index contributed by atoms with van der Waals surface area (Å²) in [5.41, 5.74) is 2.52. The molecule has 1 aromatic heterocycles. The van der Waals surface area contributed by atoms with E-state index in [0.29, 0.717) is 0 Å². The van der Waals surface area contributed by atoms with Crippen molar-refractivity contribution in [2.45, 2.75) is 24.0 Å². The first kappa shape index (κ1) is 13.4. The number of nitrogens with zero attached hydrogens (tertiary/aromatic N) is 2. The summed E-state index contributed by atoms with van der Waals surface area (Å²) < 4.78 is 5.97. The number of ether oxygens (including phenoxy) is 1. The Morgan fingerprint density at radius 2 is 2.37 bits per heavy atom. The predicted octanol–water partition coefficient (Wildman–Crippen LogP) is -3.49. The van der Waals surface area contributed by atoms with Crippen molar-refractivity contribution in [3.63, 3.8) is 0 Å². The lowest BCUT2D eigenvalue weighted by Crippen LogP contribution is -2.55. The number of H-pyrrole nitrogens is 1. The van der Waals surface area contributed by atoms with Gasteiger partial charge in [-0.15, -0.1) is 6.42 Å². The Morgan fingerprint density at radius 1 is 1.68 bits per heavy atom. The van der Waals surface area contributed by atoms with E-state index in [2.05, 4.69) is 11.0 Å². The van der Waals surface area contributed by atoms with Crippen LogP contribution in [0.25, 0.3) is 0 Å². The quantitative estimate of drug-likeness (QED) is 0.407. The van der Waals surface area contributed by atoms with Gasteiger partial charge in [-0.3, -0.25) is 9.78 Å². The van der Waals surface area contributed by atoms with Gasteiger partial charge in [0.05, 0.1) is 6.61 Å². The van der Waals surface area contributed by atoms with Crippen LogP contribution in [0.15, 0.2) is 15.8 Å². The topological polar surface area (TPSA) is 143 Å². The van der Waals surface area contributed by atoms with Crippen molar-refractivity contribution in [3.05, 3.63) is 27.0 Å². The third kappa shape index (κ3) is 1.96. The Morgan fingerprint density at radius 3 is 2.89 bits per heavy atom. The van der Waals surface area contributed by atoms with E-state index in [9.17, 15) is 14.7 Å². The molecule has 5 N–H and O–H groups in total. The number of aliphatic hydroxyl groups is 2. The van der Waals surface area contributed by atoms with Gasteiger partial charge in [0.1, 0.15) is 18.4 Å². The summed E-state index contributed by atoms with van der Waals surface area (Å²) in [7, 11) is 0. The van der Waals surface area contributed by atoms with Crippen LogP contribution in [0, 0.1) is 12.3 Å². The lowest BCUT2D eigenvalue weighted by atomic mass is 9.92. The van der Waals surface area contributed by atoms with Gasteiger partial charge in [-0.25, -0.2) is 4.79 Å². The molecule has 102 valence electrons. The summed E-state index contributed by atoms with van der Waals surface area (Å²) >= 11 is 0. The zero-order valence-electron chi connectivity index (χ0n) is 9.68. The van der Waals surface area contributed by atoms with Crippen LogP contribution in [0.5, 0.6) is 0 Å². The molecule has 0 amide bonds. The molecule has 0 aromatic carbocycles. The molecule has 9 nitrogen and oxygen atoms in total. The van der Waals surface area contributed by atoms with E-state index in [1.54, 1.807) is 0 Å². The smallest absolute Gasteiger partial charge is 0.347 e. The van der Waals surface area contributed by atoms with Crippen LogP contribution in [-0.4, -0.2) is 49.3 Å². The molecular weight excluding hydrogens is 256 g/mol. The highest BCUT2D eigenvalue weighted by Crippen LogP contribution is 2.34. The number of aromatic nitrogens is 3.